The van der Waals surface area contributed by atoms with Crippen LogP contribution in [0.3, 0.4) is 0 Å². The fourth-order valence-electron chi connectivity index (χ4n) is 3.92. The number of aliphatic carboxylic acids is 1. The average Bonchev–Trinajstić information content (AvgIpc) is 3.34. The second kappa shape index (κ2) is 9.97. The number of benzene rings is 3. The van der Waals surface area contributed by atoms with Gasteiger partial charge in [0.25, 0.3) is 0 Å². The van der Waals surface area contributed by atoms with Crippen molar-refractivity contribution >= 4 is 50.2 Å². The number of para-hydroxylation sites is 1. The van der Waals surface area contributed by atoms with Crippen LogP contribution in [-0.2, 0) is 4.79 Å². The number of ether oxygens (including phenoxy) is 2. The van der Waals surface area contributed by atoms with E-state index in [1.807, 2.05) is 36.4 Å². The molecule has 2 heterocycles. The molecular weight excluding hydrogens is 476 g/mol. The molecule has 0 saturated carbocycles. The van der Waals surface area contributed by atoms with Crippen LogP contribution in [0.1, 0.15) is 15.9 Å². The van der Waals surface area contributed by atoms with E-state index in [0.29, 0.717) is 28.1 Å². The van der Waals surface area contributed by atoms with Gasteiger partial charge in [0, 0.05) is 43.9 Å². The number of fused-ring (bicyclic) bond motifs is 2. The van der Waals surface area contributed by atoms with Crippen LogP contribution in [0.25, 0.3) is 37.5 Å². The second-order valence-electron chi connectivity index (χ2n) is 7.88. The van der Waals surface area contributed by atoms with Crippen LogP contribution in [0, 0.1) is 0 Å². The van der Waals surface area contributed by atoms with E-state index in [-0.39, 0.29) is 5.78 Å². The van der Waals surface area contributed by atoms with Crippen LogP contribution < -0.4 is 9.47 Å². The second-order valence-corrected chi connectivity index (χ2v) is 8.97. The molecule has 0 saturated heterocycles. The molecule has 2 aromatic heterocycles. The highest BCUT2D eigenvalue weighted by molar-refractivity contribution is 7.22. The van der Waals surface area contributed by atoms with Gasteiger partial charge in [0.2, 0.25) is 0 Å². The van der Waals surface area contributed by atoms with Crippen molar-refractivity contribution in [2.75, 3.05) is 13.7 Å². The van der Waals surface area contributed by atoms with Gasteiger partial charge in [0.1, 0.15) is 17.8 Å². The largest absolute Gasteiger partial charge is 0.496 e. The van der Waals surface area contributed by atoms with Crippen molar-refractivity contribution in [3.8, 4) is 21.9 Å². The van der Waals surface area contributed by atoms with Gasteiger partial charge in [-0.05, 0) is 41.8 Å². The Kier molecular flexibility index (Phi) is 6.42. The van der Waals surface area contributed by atoms with Gasteiger partial charge in [0.15, 0.2) is 12.4 Å². The summed E-state index contributed by atoms with van der Waals surface area (Å²) < 4.78 is 12.3. The minimum absolute atomic E-state index is 0.247. The van der Waals surface area contributed by atoms with E-state index in [1.54, 1.807) is 48.9 Å². The maximum atomic E-state index is 13.1. The predicted octanol–water partition coefficient (Wildman–Crippen LogP) is 5.88. The molecule has 0 radical (unpaired) electrons. The fraction of sp³-hybridized carbons (Fsp3) is 0.0714. The number of hydrogen-bond donors (Lipinski definition) is 1. The number of carboxylic acid groups (broad SMARTS) is 1. The molecule has 8 heteroatoms. The summed E-state index contributed by atoms with van der Waals surface area (Å²) in [6.07, 6.45) is 6.11. The molecule has 5 aromatic rings. The van der Waals surface area contributed by atoms with Gasteiger partial charge in [-0.25, -0.2) is 14.8 Å². The molecule has 0 spiro atoms. The van der Waals surface area contributed by atoms with Crippen LogP contribution in [0.4, 0.5) is 0 Å². The fourth-order valence-corrected chi connectivity index (χ4v) is 5.00. The Morgan fingerprint density at radius 1 is 1.03 bits per heavy atom. The van der Waals surface area contributed by atoms with E-state index in [9.17, 15) is 9.59 Å². The van der Waals surface area contributed by atoms with E-state index in [1.165, 1.54) is 12.4 Å². The predicted molar refractivity (Wildman–Crippen MR) is 140 cm³/mol. The topological polar surface area (TPSA) is 98.6 Å². The van der Waals surface area contributed by atoms with Gasteiger partial charge in [-0.15, -0.1) is 11.3 Å². The van der Waals surface area contributed by atoms with Gasteiger partial charge in [-0.2, -0.15) is 0 Å². The maximum absolute atomic E-state index is 13.1. The minimum Gasteiger partial charge on any atom is -0.496 e. The van der Waals surface area contributed by atoms with Crippen molar-refractivity contribution in [3.05, 3.63) is 90.4 Å². The van der Waals surface area contributed by atoms with Gasteiger partial charge >= 0.3 is 5.97 Å². The molecule has 0 atom stereocenters. The van der Waals surface area contributed by atoms with E-state index in [4.69, 9.17) is 14.6 Å². The number of carboxylic acids is 1. The first kappa shape index (κ1) is 23.2. The molecule has 1 N–H and O–H groups in total. The van der Waals surface area contributed by atoms with Gasteiger partial charge in [-0.3, -0.25) is 4.79 Å². The molecule has 36 heavy (non-hydrogen) atoms. The average molecular weight is 497 g/mol. The number of aromatic nitrogens is 2. The van der Waals surface area contributed by atoms with Crippen molar-refractivity contribution < 1.29 is 24.2 Å². The molecule has 0 amide bonds. The SMILES string of the molecule is COc1cc(OCC(=O)O)c(/C=C/C(=O)c2cccc3cncnc23)cc1-c1cc2ccccc2s1. The molecule has 0 unspecified atom stereocenters. The molecule has 0 fully saturated rings. The highest BCUT2D eigenvalue weighted by Gasteiger charge is 2.16. The number of carbonyl (C=O) groups is 2. The molecule has 0 aliphatic rings. The molecule has 0 aliphatic heterocycles. The van der Waals surface area contributed by atoms with Crippen LogP contribution in [-0.4, -0.2) is 40.5 Å². The maximum Gasteiger partial charge on any atom is 0.341 e. The zero-order valence-electron chi connectivity index (χ0n) is 19.2. The first-order chi connectivity index (χ1) is 17.5. The smallest absolute Gasteiger partial charge is 0.341 e. The Hall–Kier alpha value is -4.56. The Bertz CT molecular complexity index is 1600. The standard InChI is InChI=1S/C28H20N2O5S/c1-34-24-13-23(35-15-27(32)33)17(11-21(24)26-12-18-5-2-3-8-25(18)36-26)9-10-22(31)20-7-4-6-19-14-29-16-30-28(19)20/h2-14,16H,15H2,1H3,(H,32,33)/b10-9+. The Morgan fingerprint density at radius 2 is 1.86 bits per heavy atom. The van der Waals surface area contributed by atoms with E-state index in [0.717, 1.165) is 25.9 Å². The molecule has 7 nitrogen and oxygen atoms in total. The monoisotopic (exact) mass is 496 g/mol. The summed E-state index contributed by atoms with van der Waals surface area (Å²) in [7, 11) is 1.55. The van der Waals surface area contributed by atoms with E-state index >= 15 is 0 Å². The Morgan fingerprint density at radius 3 is 2.67 bits per heavy atom. The zero-order valence-corrected chi connectivity index (χ0v) is 20.0. The number of hydrogen-bond acceptors (Lipinski definition) is 7. The van der Waals surface area contributed by atoms with Crippen LogP contribution >= 0.6 is 11.3 Å². The van der Waals surface area contributed by atoms with E-state index in [2.05, 4.69) is 16.0 Å². The van der Waals surface area contributed by atoms with Crippen LogP contribution in [0.2, 0.25) is 0 Å². The summed E-state index contributed by atoms with van der Waals surface area (Å²) in [6.45, 7) is -0.527. The molecule has 5 rings (SSSR count). The summed E-state index contributed by atoms with van der Waals surface area (Å²) in [5.41, 5.74) is 2.36. The molecule has 0 bridgehead atoms. The molecule has 3 aromatic carbocycles. The third-order valence-corrected chi connectivity index (χ3v) is 6.74. The number of carbonyl (C=O) groups excluding carboxylic acids is 1. The minimum atomic E-state index is -1.11. The third-order valence-electron chi connectivity index (χ3n) is 5.59. The van der Waals surface area contributed by atoms with E-state index < -0.39 is 12.6 Å². The Labute approximate surface area is 210 Å². The highest BCUT2D eigenvalue weighted by atomic mass is 32.1. The lowest BCUT2D eigenvalue weighted by Crippen LogP contribution is -2.10. The number of nitrogens with zero attached hydrogens (tertiary/aromatic N) is 2. The summed E-state index contributed by atoms with van der Waals surface area (Å²) in [4.78, 5) is 33.5. The van der Waals surface area contributed by atoms with Crippen molar-refractivity contribution in [1.29, 1.82) is 0 Å². The number of thiophene rings is 1. The van der Waals surface area contributed by atoms with Crippen molar-refractivity contribution in [2.24, 2.45) is 0 Å². The molecule has 178 valence electrons. The number of rotatable bonds is 8. The lowest BCUT2D eigenvalue weighted by Gasteiger charge is -2.13. The molecular formula is C28H20N2O5S. The summed E-state index contributed by atoms with van der Waals surface area (Å²) in [5.74, 6) is -0.522. The van der Waals surface area contributed by atoms with Crippen LogP contribution in [0.15, 0.2) is 79.3 Å². The third kappa shape index (κ3) is 4.67. The lowest BCUT2D eigenvalue weighted by atomic mass is 10.0. The summed E-state index contributed by atoms with van der Waals surface area (Å²) >= 11 is 1.62. The van der Waals surface area contributed by atoms with Gasteiger partial charge in [0.05, 0.1) is 12.6 Å². The number of allylic oxidation sites excluding steroid dienone is 1. The molecule has 0 aliphatic carbocycles. The lowest BCUT2D eigenvalue weighted by molar-refractivity contribution is -0.139. The normalized spacial score (nSPS) is 11.2. The van der Waals surface area contributed by atoms with Gasteiger partial charge < -0.3 is 14.6 Å². The summed E-state index contributed by atoms with van der Waals surface area (Å²) in [5, 5.41) is 11.0. The summed E-state index contributed by atoms with van der Waals surface area (Å²) in [6, 6.07) is 19.0. The van der Waals surface area contributed by atoms with Crippen molar-refractivity contribution in [3.63, 3.8) is 0 Å². The highest BCUT2D eigenvalue weighted by Crippen LogP contribution is 2.41. The quantitative estimate of drug-likeness (QED) is 0.212. The van der Waals surface area contributed by atoms with Crippen molar-refractivity contribution in [2.45, 2.75) is 0 Å². The first-order valence-corrected chi connectivity index (χ1v) is 11.8. The number of methoxy groups -OCH3 is 1. The van der Waals surface area contributed by atoms with Crippen molar-refractivity contribution in [1.82, 2.24) is 9.97 Å². The Balaban J connectivity index is 1.58. The number of ketones is 1. The first-order valence-electron chi connectivity index (χ1n) is 11.0. The zero-order chi connectivity index (χ0) is 25.1. The van der Waals surface area contributed by atoms with Crippen LogP contribution in [0.5, 0.6) is 11.5 Å². The van der Waals surface area contributed by atoms with Gasteiger partial charge in [-0.1, -0.05) is 30.3 Å².